The zero-order valence-electron chi connectivity index (χ0n) is 12.3. The lowest BCUT2D eigenvalue weighted by Crippen LogP contribution is -2.50. The van der Waals surface area contributed by atoms with Gasteiger partial charge in [0.2, 0.25) is 5.91 Å². The molecule has 1 aromatic heterocycles. The number of carbonyl (C=O) groups excluding carboxylic acids is 3. The Hall–Kier alpha value is -2.38. The Kier molecular flexibility index (Phi) is 4.08. The van der Waals surface area contributed by atoms with Crippen LogP contribution in [0.5, 0.6) is 0 Å². The van der Waals surface area contributed by atoms with Crippen LogP contribution < -0.4 is 5.32 Å². The van der Waals surface area contributed by atoms with E-state index in [0.29, 0.717) is 13.1 Å². The summed E-state index contributed by atoms with van der Waals surface area (Å²) in [6, 6.07) is 1.42. The Bertz CT molecular complexity index is 555. The van der Waals surface area contributed by atoms with Crippen LogP contribution >= 0.6 is 0 Å². The number of rotatable bonds is 4. The van der Waals surface area contributed by atoms with Crippen LogP contribution in [0, 0.1) is 0 Å². The van der Waals surface area contributed by atoms with Crippen LogP contribution in [0.3, 0.4) is 0 Å². The number of amides is 4. The first-order valence-corrected chi connectivity index (χ1v) is 7.50. The van der Waals surface area contributed by atoms with Crippen molar-refractivity contribution in [2.75, 3.05) is 19.6 Å². The van der Waals surface area contributed by atoms with E-state index in [2.05, 4.69) is 10.4 Å². The molecule has 0 spiro atoms. The van der Waals surface area contributed by atoms with Crippen molar-refractivity contribution in [3.8, 4) is 0 Å². The van der Waals surface area contributed by atoms with Crippen molar-refractivity contribution in [3.63, 3.8) is 0 Å². The minimum absolute atomic E-state index is 0.0250. The Balaban J connectivity index is 1.66. The van der Waals surface area contributed by atoms with Gasteiger partial charge >= 0.3 is 6.03 Å². The molecule has 2 aliphatic rings. The van der Waals surface area contributed by atoms with Gasteiger partial charge in [-0.2, -0.15) is 5.10 Å². The number of nitrogens with zero attached hydrogens (tertiary/aromatic N) is 4. The van der Waals surface area contributed by atoms with Crippen molar-refractivity contribution < 1.29 is 14.4 Å². The highest BCUT2D eigenvalue weighted by Gasteiger charge is 2.34. The van der Waals surface area contributed by atoms with Gasteiger partial charge in [0.1, 0.15) is 6.54 Å². The molecule has 1 atom stereocenters. The molecule has 118 valence electrons. The summed E-state index contributed by atoms with van der Waals surface area (Å²) in [6.45, 7) is 1.09. The summed E-state index contributed by atoms with van der Waals surface area (Å²) in [5, 5.41) is 6.61. The topological polar surface area (TPSA) is 87.5 Å². The van der Waals surface area contributed by atoms with E-state index in [-0.39, 0.29) is 30.9 Å². The van der Waals surface area contributed by atoms with E-state index in [4.69, 9.17) is 0 Å². The molecule has 1 N–H and O–H groups in total. The van der Waals surface area contributed by atoms with Crippen LogP contribution in [0.2, 0.25) is 0 Å². The molecule has 8 nitrogen and oxygen atoms in total. The van der Waals surface area contributed by atoms with Crippen LogP contribution in [0.4, 0.5) is 4.79 Å². The van der Waals surface area contributed by atoms with Gasteiger partial charge in [-0.1, -0.05) is 0 Å². The maximum Gasteiger partial charge on any atom is 0.325 e. The number of hydrogen-bond acceptors (Lipinski definition) is 4. The van der Waals surface area contributed by atoms with Gasteiger partial charge in [0, 0.05) is 18.9 Å². The van der Waals surface area contributed by atoms with Gasteiger partial charge in [0.05, 0.1) is 19.1 Å². The zero-order valence-corrected chi connectivity index (χ0v) is 12.3. The van der Waals surface area contributed by atoms with Gasteiger partial charge in [0.25, 0.3) is 5.91 Å². The molecule has 3 heterocycles. The molecule has 0 aromatic carbocycles. The third-order valence-electron chi connectivity index (χ3n) is 4.13. The fourth-order valence-electron chi connectivity index (χ4n) is 2.98. The summed E-state index contributed by atoms with van der Waals surface area (Å²) in [5.74, 6) is -0.527. The fraction of sp³-hybridized carbons (Fsp3) is 0.571. The van der Waals surface area contributed by atoms with E-state index >= 15 is 0 Å². The van der Waals surface area contributed by atoms with Gasteiger partial charge in [0.15, 0.2) is 0 Å². The van der Waals surface area contributed by atoms with Crippen LogP contribution in [-0.4, -0.2) is 63.1 Å². The predicted octanol–water partition coefficient (Wildman–Crippen LogP) is -0.184. The maximum absolute atomic E-state index is 12.5. The molecule has 2 saturated heterocycles. The van der Waals surface area contributed by atoms with Gasteiger partial charge in [-0.3, -0.25) is 19.2 Å². The lowest BCUT2D eigenvalue weighted by atomic mass is 10.0. The number of piperidine rings is 1. The second-order valence-electron chi connectivity index (χ2n) is 5.60. The average Bonchev–Trinajstić information content (AvgIpc) is 3.13. The summed E-state index contributed by atoms with van der Waals surface area (Å²) in [6.07, 6.45) is 6.50. The number of aromatic nitrogens is 2. The highest BCUT2D eigenvalue weighted by atomic mass is 16.2. The van der Waals surface area contributed by atoms with Gasteiger partial charge in [-0.15, -0.1) is 0 Å². The Labute approximate surface area is 128 Å². The summed E-state index contributed by atoms with van der Waals surface area (Å²) in [4.78, 5) is 38.4. The molecule has 3 rings (SSSR count). The summed E-state index contributed by atoms with van der Waals surface area (Å²) in [7, 11) is 0. The first kappa shape index (κ1) is 14.6. The quantitative estimate of drug-likeness (QED) is 0.781. The molecular formula is C14H19N5O3. The number of likely N-dealkylation sites (tertiary alicyclic amines) is 1. The van der Waals surface area contributed by atoms with E-state index in [1.54, 1.807) is 11.1 Å². The van der Waals surface area contributed by atoms with Crippen molar-refractivity contribution >= 4 is 17.8 Å². The molecule has 8 heteroatoms. The number of hydrogen-bond donors (Lipinski definition) is 1. The highest BCUT2D eigenvalue weighted by molar-refractivity contribution is 6.04. The zero-order chi connectivity index (χ0) is 15.5. The second kappa shape index (κ2) is 6.17. The molecule has 0 bridgehead atoms. The lowest BCUT2D eigenvalue weighted by Gasteiger charge is -2.36. The maximum atomic E-state index is 12.5. The summed E-state index contributed by atoms with van der Waals surface area (Å²) >= 11 is 0. The monoisotopic (exact) mass is 305 g/mol. The van der Waals surface area contributed by atoms with Crippen molar-refractivity contribution in [3.05, 3.63) is 18.5 Å². The molecule has 4 amide bonds. The highest BCUT2D eigenvalue weighted by Crippen LogP contribution is 2.19. The number of imide groups is 1. The van der Waals surface area contributed by atoms with Gasteiger partial charge in [-0.05, 0) is 25.3 Å². The average molecular weight is 305 g/mol. The van der Waals surface area contributed by atoms with E-state index in [1.807, 2.05) is 16.9 Å². The van der Waals surface area contributed by atoms with Crippen LogP contribution in [0.25, 0.3) is 0 Å². The standard InChI is InChI=1S/C14H19N5O3/c20-12-8-15-14(22)19(12)10-13(21)18-7-2-1-4-11(18)9-17-6-3-5-16-17/h3,5-6,11H,1-2,4,7-10H2,(H,15,22). The first-order valence-electron chi connectivity index (χ1n) is 7.50. The Morgan fingerprint density at radius 1 is 1.36 bits per heavy atom. The molecule has 0 aliphatic carbocycles. The molecule has 22 heavy (non-hydrogen) atoms. The third-order valence-corrected chi connectivity index (χ3v) is 4.13. The molecule has 2 aliphatic heterocycles. The van der Waals surface area contributed by atoms with Gasteiger partial charge < -0.3 is 10.2 Å². The van der Waals surface area contributed by atoms with Crippen molar-refractivity contribution in [2.45, 2.75) is 31.8 Å². The molecule has 0 saturated carbocycles. The molecule has 0 radical (unpaired) electrons. The van der Waals surface area contributed by atoms with E-state index < -0.39 is 6.03 Å². The van der Waals surface area contributed by atoms with Crippen LogP contribution in [0.1, 0.15) is 19.3 Å². The molecule has 1 unspecified atom stereocenters. The number of carbonyl (C=O) groups is 3. The third kappa shape index (κ3) is 2.95. The van der Waals surface area contributed by atoms with Crippen molar-refractivity contribution in [2.24, 2.45) is 0 Å². The van der Waals surface area contributed by atoms with E-state index in [1.165, 1.54) is 0 Å². The second-order valence-corrected chi connectivity index (χ2v) is 5.60. The normalized spacial score (nSPS) is 22.1. The summed E-state index contributed by atoms with van der Waals surface area (Å²) < 4.78 is 1.81. The lowest BCUT2D eigenvalue weighted by molar-refractivity contribution is -0.139. The molecular weight excluding hydrogens is 286 g/mol. The largest absolute Gasteiger partial charge is 0.336 e. The number of urea groups is 1. The Morgan fingerprint density at radius 2 is 2.23 bits per heavy atom. The summed E-state index contributed by atoms with van der Waals surface area (Å²) in [5.41, 5.74) is 0. The van der Waals surface area contributed by atoms with Crippen LogP contribution in [0.15, 0.2) is 18.5 Å². The number of nitrogens with one attached hydrogen (secondary N) is 1. The van der Waals surface area contributed by atoms with Crippen LogP contribution in [-0.2, 0) is 16.1 Å². The SMILES string of the molecule is O=C1CNC(=O)N1CC(=O)N1CCCCC1Cn1cccn1. The van der Waals surface area contributed by atoms with E-state index in [0.717, 1.165) is 24.2 Å². The van der Waals surface area contributed by atoms with Crippen molar-refractivity contribution in [1.82, 2.24) is 24.9 Å². The smallest absolute Gasteiger partial charge is 0.325 e. The first-order chi connectivity index (χ1) is 10.6. The van der Waals surface area contributed by atoms with Crippen molar-refractivity contribution in [1.29, 1.82) is 0 Å². The molecule has 1 aromatic rings. The molecule has 2 fully saturated rings. The minimum Gasteiger partial charge on any atom is -0.336 e. The Morgan fingerprint density at radius 3 is 2.91 bits per heavy atom. The fourth-order valence-corrected chi connectivity index (χ4v) is 2.98. The predicted molar refractivity (Wildman–Crippen MR) is 76.7 cm³/mol. The minimum atomic E-state index is -0.487. The van der Waals surface area contributed by atoms with Gasteiger partial charge in [-0.25, -0.2) is 4.79 Å². The van der Waals surface area contributed by atoms with E-state index in [9.17, 15) is 14.4 Å².